The molecular formula is C21H21ClFN9OS2. The number of benzene rings is 1. The van der Waals surface area contributed by atoms with Gasteiger partial charge in [0.25, 0.3) is 5.56 Å². The molecule has 0 saturated carbocycles. The summed E-state index contributed by atoms with van der Waals surface area (Å²) < 4.78 is 16.4. The Morgan fingerprint density at radius 3 is 2.49 bits per heavy atom. The topological polar surface area (TPSA) is 144 Å². The van der Waals surface area contributed by atoms with Crippen molar-refractivity contribution in [3.8, 4) is 11.8 Å². The lowest BCUT2D eigenvalue weighted by Gasteiger charge is -2.47. The second-order valence-electron chi connectivity index (χ2n) is 7.78. The minimum atomic E-state index is -0.464. The average Bonchev–Trinajstić information content (AvgIpc) is 3.13. The van der Waals surface area contributed by atoms with Crippen LogP contribution in [0, 0.1) is 23.1 Å². The molecule has 2 atom stereocenters. The molecule has 0 aliphatic carbocycles. The standard InChI is InChI=1S/C21H17ClFN9O.2H2S/c1-10-9-30(18-13(8-24)17(25)27-21(26)28-18)15(10)19-29-31-7-6-14(22)16(31)20(33)32(19)12-4-2-11(23)3-5-12;;/h2-7,10,15H,9H2,1H3,(H4,25,26,27,28);2*1H2/t10-,15-;;/m0../s1. The van der Waals surface area contributed by atoms with Gasteiger partial charge in [-0.25, -0.2) is 8.91 Å². The molecule has 1 aliphatic heterocycles. The Bertz CT molecular complexity index is 1520. The van der Waals surface area contributed by atoms with Crippen molar-refractivity contribution in [2.24, 2.45) is 5.92 Å². The highest BCUT2D eigenvalue weighted by Crippen LogP contribution is 2.42. The molecule has 1 saturated heterocycles. The van der Waals surface area contributed by atoms with E-state index in [1.165, 1.54) is 33.3 Å². The molecule has 182 valence electrons. The van der Waals surface area contributed by atoms with Gasteiger partial charge in [-0.15, -0.1) is 0 Å². The molecule has 5 rings (SSSR count). The highest BCUT2D eigenvalue weighted by atomic mass is 35.5. The smallest absolute Gasteiger partial charge is 0.284 e. The summed E-state index contributed by atoms with van der Waals surface area (Å²) in [5.41, 5.74) is 12.0. The first-order valence-corrected chi connectivity index (χ1v) is 10.3. The second kappa shape index (κ2) is 9.65. The lowest BCUT2D eigenvalue weighted by atomic mass is 9.88. The summed E-state index contributed by atoms with van der Waals surface area (Å²) in [6.07, 6.45) is 1.59. The van der Waals surface area contributed by atoms with Crippen LogP contribution in [0.15, 0.2) is 41.3 Å². The van der Waals surface area contributed by atoms with Crippen molar-refractivity contribution in [3.63, 3.8) is 0 Å². The fraction of sp³-hybridized carbons (Fsp3) is 0.190. The van der Waals surface area contributed by atoms with Gasteiger partial charge in [0.2, 0.25) is 5.95 Å². The van der Waals surface area contributed by atoms with Gasteiger partial charge in [0.1, 0.15) is 28.8 Å². The van der Waals surface area contributed by atoms with E-state index in [1.807, 2.05) is 13.0 Å². The van der Waals surface area contributed by atoms with E-state index in [-0.39, 0.29) is 66.6 Å². The van der Waals surface area contributed by atoms with Crippen molar-refractivity contribution in [3.05, 3.63) is 69.1 Å². The molecule has 0 unspecified atom stereocenters. The Morgan fingerprint density at radius 1 is 1.17 bits per heavy atom. The van der Waals surface area contributed by atoms with Gasteiger partial charge in [-0.3, -0.25) is 9.36 Å². The van der Waals surface area contributed by atoms with Gasteiger partial charge in [-0.05, 0) is 30.3 Å². The van der Waals surface area contributed by atoms with E-state index in [2.05, 4.69) is 15.1 Å². The number of halogens is 2. The van der Waals surface area contributed by atoms with Crippen LogP contribution in [0.2, 0.25) is 5.02 Å². The number of nitrogens with zero attached hydrogens (tertiary/aromatic N) is 7. The summed E-state index contributed by atoms with van der Waals surface area (Å²) in [4.78, 5) is 23.4. The van der Waals surface area contributed by atoms with E-state index in [1.54, 1.807) is 17.2 Å². The van der Waals surface area contributed by atoms with E-state index >= 15 is 0 Å². The van der Waals surface area contributed by atoms with Crippen LogP contribution in [0.4, 0.5) is 22.0 Å². The van der Waals surface area contributed by atoms with Crippen molar-refractivity contribution in [2.45, 2.75) is 13.0 Å². The third-order valence-electron chi connectivity index (χ3n) is 5.69. The second-order valence-corrected chi connectivity index (χ2v) is 8.19. The first kappa shape index (κ1) is 26.1. The highest BCUT2D eigenvalue weighted by molar-refractivity contribution is 7.59. The van der Waals surface area contributed by atoms with Gasteiger partial charge >= 0.3 is 0 Å². The Morgan fingerprint density at radius 2 is 1.86 bits per heavy atom. The van der Waals surface area contributed by atoms with Gasteiger partial charge in [0.15, 0.2) is 11.6 Å². The molecule has 4 N–H and O–H groups in total. The van der Waals surface area contributed by atoms with Crippen LogP contribution in [-0.4, -0.2) is 30.7 Å². The van der Waals surface area contributed by atoms with Gasteiger partial charge in [-0.2, -0.15) is 47.3 Å². The lowest BCUT2D eigenvalue weighted by molar-refractivity contribution is 0.300. The maximum absolute atomic E-state index is 13.6. The summed E-state index contributed by atoms with van der Waals surface area (Å²) in [6, 6.07) is 8.64. The van der Waals surface area contributed by atoms with Gasteiger partial charge < -0.3 is 16.4 Å². The van der Waals surface area contributed by atoms with Crippen LogP contribution in [0.5, 0.6) is 0 Å². The first-order chi connectivity index (χ1) is 15.8. The van der Waals surface area contributed by atoms with E-state index < -0.39 is 17.4 Å². The molecule has 0 spiro atoms. The average molecular weight is 534 g/mol. The Balaban J connectivity index is 0.00000171. The van der Waals surface area contributed by atoms with Crippen LogP contribution in [0.3, 0.4) is 0 Å². The van der Waals surface area contributed by atoms with Crippen LogP contribution < -0.4 is 21.9 Å². The number of nitriles is 1. The third-order valence-corrected chi connectivity index (χ3v) is 6.00. The molecule has 10 nitrogen and oxygen atoms in total. The van der Waals surface area contributed by atoms with Gasteiger partial charge in [0, 0.05) is 18.7 Å². The van der Waals surface area contributed by atoms with E-state index in [4.69, 9.17) is 23.1 Å². The molecule has 1 aromatic carbocycles. The zero-order valence-electron chi connectivity index (χ0n) is 18.3. The monoisotopic (exact) mass is 533 g/mol. The number of hydrogen-bond acceptors (Lipinski definition) is 8. The number of aromatic nitrogens is 5. The molecule has 35 heavy (non-hydrogen) atoms. The molecule has 0 amide bonds. The number of nitrogens with two attached hydrogens (primary N) is 2. The van der Waals surface area contributed by atoms with Crippen LogP contribution >= 0.6 is 38.6 Å². The number of nitrogen functional groups attached to an aromatic ring is 2. The van der Waals surface area contributed by atoms with Crippen molar-refractivity contribution in [2.75, 3.05) is 22.9 Å². The SMILES string of the molecule is C[C@H]1CN(c2nc(N)nc(N)c2C#N)[C@@H]1c1nn2ccc(Cl)c2c(=O)n1-c1ccc(F)cc1.S.S. The molecular weight excluding hydrogens is 513 g/mol. The minimum Gasteiger partial charge on any atom is -0.382 e. The Labute approximate surface area is 217 Å². The summed E-state index contributed by atoms with van der Waals surface area (Å²) in [5.74, 6) is 0.107. The quantitative estimate of drug-likeness (QED) is 0.408. The highest BCUT2D eigenvalue weighted by Gasteiger charge is 2.43. The number of rotatable bonds is 3. The largest absolute Gasteiger partial charge is 0.382 e. The maximum atomic E-state index is 13.6. The predicted molar refractivity (Wildman–Crippen MR) is 141 cm³/mol. The van der Waals surface area contributed by atoms with Crippen LogP contribution in [-0.2, 0) is 0 Å². The summed E-state index contributed by atoms with van der Waals surface area (Å²) in [7, 11) is 0. The fourth-order valence-corrected chi connectivity index (χ4v) is 4.41. The fourth-order valence-electron chi connectivity index (χ4n) is 4.18. The van der Waals surface area contributed by atoms with Crippen LogP contribution in [0.25, 0.3) is 11.2 Å². The van der Waals surface area contributed by atoms with Crippen molar-refractivity contribution < 1.29 is 4.39 Å². The first-order valence-electron chi connectivity index (χ1n) is 9.95. The predicted octanol–water partition coefficient (Wildman–Crippen LogP) is 2.53. The lowest BCUT2D eigenvalue weighted by Crippen LogP contribution is -2.52. The van der Waals surface area contributed by atoms with Crippen molar-refractivity contribution in [1.82, 2.24) is 24.1 Å². The Kier molecular flexibility index (Phi) is 7.21. The number of anilines is 3. The third kappa shape index (κ3) is 4.13. The van der Waals surface area contributed by atoms with Gasteiger partial charge in [-0.1, -0.05) is 18.5 Å². The summed E-state index contributed by atoms with van der Waals surface area (Å²) in [6.45, 7) is 2.49. The zero-order valence-corrected chi connectivity index (χ0v) is 21.0. The maximum Gasteiger partial charge on any atom is 0.284 e. The number of hydrogen-bond donors (Lipinski definition) is 2. The molecule has 0 bridgehead atoms. The molecule has 1 aliphatic rings. The van der Waals surface area contributed by atoms with Crippen LogP contribution in [0.1, 0.15) is 24.4 Å². The molecule has 0 radical (unpaired) electrons. The molecule has 4 heterocycles. The van der Waals surface area contributed by atoms with Crippen molar-refractivity contribution >= 4 is 61.7 Å². The van der Waals surface area contributed by atoms with E-state index in [9.17, 15) is 14.4 Å². The molecule has 4 aromatic rings. The zero-order chi connectivity index (χ0) is 23.4. The Hall–Kier alpha value is -3.47. The molecule has 1 fully saturated rings. The summed E-state index contributed by atoms with van der Waals surface area (Å²) >= 11 is 6.24. The van der Waals surface area contributed by atoms with Gasteiger partial charge in [0.05, 0.1) is 16.8 Å². The normalized spacial score (nSPS) is 16.7. The van der Waals surface area contributed by atoms with E-state index in [0.717, 1.165) is 0 Å². The molecule has 3 aromatic heterocycles. The summed E-state index contributed by atoms with van der Waals surface area (Å²) in [5, 5.41) is 14.5. The van der Waals surface area contributed by atoms with Crippen molar-refractivity contribution in [1.29, 1.82) is 5.26 Å². The molecule has 14 heteroatoms. The minimum absolute atomic E-state index is 0. The van der Waals surface area contributed by atoms with E-state index in [0.29, 0.717) is 18.1 Å². The number of fused-ring (bicyclic) bond motifs is 1.